The van der Waals surface area contributed by atoms with Gasteiger partial charge in [-0.1, -0.05) is 0 Å². The third-order valence-corrected chi connectivity index (χ3v) is 1.87. The maximum Gasteiger partial charge on any atom is 0.345 e. The fourth-order valence-electron chi connectivity index (χ4n) is 1.13. The first-order valence-corrected chi connectivity index (χ1v) is 4.04. The van der Waals surface area contributed by atoms with Crippen molar-refractivity contribution in [2.75, 3.05) is 14.2 Å². The Bertz CT molecular complexity index is 434. The van der Waals surface area contributed by atoms with Gasteiger partial charge in [-0.05, 0) is 12.1 Å². The van der Waals surface area contributed by atoms with E-state index in [9.17, 15) is 9.90 Å². The highest BCUT2D eigenvalue weighted by molar-refractivity contribution is 5.96. The Labute approximate surface area is 86.5 Å². The first-order chi connectivity index (χ1) is 7.15. The third-order valence-electron chi connectivity index (χ3n) is 1.87. The van der Waals surface area contributed by atoms with Crippen molar-refractivity contribution in [1.29, 1.82) is 5.26 Å². The summed E-state index contributed by atoms with van der Waals surface area (Å²) in [6.45, 7) is 0. The van der Waals surface area contributed by atoms with Gasteiger partial charge in [0.25, 0.3) is 0 Å². The zero-order chi connectivity index (χ0) is 11.4. The van der Waals surface area contributed by atoms with Crippen LogP contribution in [-0.4, -0.2) is 25.3 Å². The Morgan fingerprint density at radius 3 is 2.60 bits per heavy atom. The molecule has 5 nitrogen and oxygen atoms in total. The van der Waals surface area contributed by atoms with Crippen molar-refractivity contribution in [1.82, 2.24) is 0 Å². The molecule has 5 heteroatoms. The molecule has 0 fully saturated rings. The first kappa shape index (κ1) is 10.9. The number of aromatic hydroxyl groups is 1. The van der Waals surface area contributed by atoms with E-state index in [1.165, 1.54) is 26.4 Å². The van der Waals surface area contributed by atoms with Crippen molar-refractivity contribution in [3.05, 3.63) is 23.3 Å². The second-order valence-corrected chi connectivity index (χ2v) is 2.64. The van der Waals surface area contributed by atoms with E-state index in [1.807, 2.05) is 0 Å². The van der Waals surface area contributed by atoms with Crippen molar-refractivity contribution in [3.63, 3.8) is 0 Å². The van der Waals surface area contributed by atoms with Crippen LogP contribution >= 0.6 is 0 Å². The summed E-state index contributed by atoms with van der Waals surface area (Å²) >= 11 is 0. The SMILES string of the molecule is COC(=O)c1c(OC)ccc(C#N)c1O. The third kappa shape index (κ3) is 1.83. The number of hydrogen-bond acceptors (Lipinski definition) is 5. The highest BCUT2D eigenvalue weighted by atomic mass is 16.5. The quantitative estimate of drug-likeness (QED) is 0.733. The van der Waals surface area contributed by atoms with Crippen LogP contribution in [0, 0.1) is 11.3 Å². The molecular formula is C10H9NO4. The highest BCUT2D eigenvalue weighted by Gasteiger charge is 2.20. The fourth-order valence-corrected chi connectivity index (χ4v) is 1.13. The number of carbonyl (C=O) groups excluding carboxylic acids is 1. The van der Waals surface area contributed by atoms with Gasteiger partial charge in [0.05, 0.1) is 19.8 Å². The largest absolute Gasteiger partial charge is 0.506 e. The van der Waals surface area contributed by atoms with Crippen LogP contribution < -0.4 is 4.74 Å². The molecular weight excluding hydrogens is 198 g/mol. The van der Waals surface area contributed by atoms with E-state index < -0.39 is 11.7 Å². The molecule has 0 heterocycles. The molecule has 0 radical (unpaired) electrons. The molecule has 0 unspecified atom stereocenters. The Kier molecular flexibility index (Phi) is 3.13. The van der Waals surface area contributed by atoms with Crippen LogP contribution in [0.2, 0.25) is 0 Å². The predicted octanol–water partition coefficient (Wildman–Crippen LogP) is 1.06. The molecule has 1 rings (SSSR count). The molecule has 0 bridgehead atoms. The number of phenols is 1. The van der Waals surface area contributed by atoms with Gasteiger partial charge in [-0.15, -0.1) is 0 Å². The average molecular weight is 207 g/mol. The monoisotopic (exact) mass is 207 g/mol. The van der Waals surface area contributed by atoms with E-state index in [1.54, 1.807) is 6.07 Å². The van der Waals surface area contributed by atoms with Crippen molar-refractivity contribution >= 4 is 5.97 Å². The molecule has 0 aliphatic carbocycles. The number of benzene rings is 1. The van der Waals surface area contributed by atoms with Gasteiger partial charge < -0.3 is 14.6 Å². The van der Waals surface area contributed by atoms with E-state index in [-0.39, 0.29) is 16.9 Å². The van der Waals surface area contributed by atoms with Crippen LogP contribution in [0.15, 0.2) is 12.1 Å². The van der Waals surface area contributed by atoms with Gasteiger partial charge in [-0.3, -0.25) is 0 Å². The summed E-state index contributed by atoms with van der Waals surface area (Å²) in [5.74, 6) is -1.01. The lowest BCUT2D eigenvalue weighted by Crippen LogP contribution is -2.05. The molecule has 0 saturated heterocycles. The highest BCUT2D eigenvalue weighted by Crippen LogP contribution is 2.31. The van der Waals surface area contributed by atoms with Gasteiger partial charge >= 0.3 is 5.97 Å². The summed E-state index contributed by atoms with van der Waals surface area (Å²) in [6, 6.07) is 4.54. The minimum absolute atomic E-state index is 0.00352. The first-order valence-electron chi connectivity index (χ1n) is 4.04. The van der Waals surface area contributed by atoms with Crippen LogP contribution in [0.25, 0.3) is 0 Å². The van der Waals surface area contributed by atoms with Gasteiger partial charge in [0.2, 0.25) is 0 Å². The van der Waals surface area contributed by atoms with Crippen LogP contribution in [0.4, 0.5) is 0 Å². The van der Waals surface area contributed by atoms with Crippen LogP contribution in [0.1, 0.15) is 15.9 Å². The molecule has 0 saturated carbocycles. The molecule has 0 aliphatic rings. The summed E-state index contributed by atoms with van der Waals surface area (Å²) in [7, 11) is 2.54. The van der Waals surface area contributed by atoms with Crippen molar-refractivity contribution < 1.29 is 19.4 Å². The van der Waals surface area contributed by atoms with Crippen molar-refractivity contribution in [2.45, 2.75) is 0 Å². The Hall–Kier alpha value is -2.22. The zero-order valence-corrected chi connectivity index (χ0v) is 8.27. The lowest BCUT2D eigenvalue weighted by atomic mass is 10.1. The van der Waals surface area contributed by atoms with E-state index in [0.29, 0.717) is 0 Å². The fraction of sp³-hybridized carbons (Fsp3) is 0.200. The Morgan fingerprint density at radius 1 is 1.47 bits per heavy atom. The van der Waals surface area contributed by atoms with Crippen LogP contribution in [-0.2, 0) is 4.74 Å². The summed E-state index contributed by atoms with van der Waals surface area (Å²) in [5.41, 5.74) is -0.143. The summed E-state index contributed by atoms with van der Waals surface area (Å²) < 4.78 is 9.35. The van der Waals surface area contributed by atoms with Crippen LogP contribution in [0.3, 0.4) is 0 Å². The van der Waals surface area contributed by atoms with Crippen molar-refractivity contribution in [3.8, 4) is 17.6 Å². The molecule has 15 heavy (non-hydrogen) atoms. The van der Waals surface area contributed by atoms with E-state index in [4.69, 9.17) is 10.00 Å². The van der Waals surface area contributed by atoms with Gasteiger partial charge in [0, 0.05) is 0 Å². The molecule has 78 valence electrons. The predicted molar refractivity (Wildman–Crippen MR) is 50.7 cm³/mol. The molecule has 0 aromatic heterocycles. The number of esters is 1. The maximum absolute atomic E-state index is 11.3. The average Bonchev–Trinajstić information content (AvgIpc) is 2.27. The number of methoxy groups -OCH3 is 2. The lowest BCUT2D eigenvalue weighted by Gasteiger charge is -2.09. The van der Waals surface area contributed by atoms with E-state index in [0.717, 1.165) is 0 Å². The number of rotatable bonds is 2. The van der Waals surface area contributed by atoms with Gasteiger partial charge in [0.15, 0.2) is 5.75 Å². The topological polar surface area (TPSA) is 79.5 Å². The second-order valence-electron chi connectivity index (χ2n) is 2.64. The van der Waals surface area contributed by atoms with Gasteiger partial charge in [-0.2, -0.15) is 5.26 Å². The number of phenolic OH excluding ortho intramolecular Hbond substituents is 1. The zero-order valence-electron chi connectivity index (χ0n) is 8.27. The summed E-state index contributed by atoms with van der Waals surface area (Å²) in [6.07, 6.45) is 0. The standard InChI is InChI=1S/C10H9NO4/c1-14-7-4-3-6(5-11)9(12)8(7)10(13)15-2/h3-4,12H,1-2H3. The van der Waals surface area contributed by atoms with Crippen LogP contribution in [0.5, 0.6) is 11.5 Å². The lowest BCUT2D eigenvalue weighted by molar-refractivity contribution is 0.0593. The molecule has 1 N–H and O–H groups in total. The number of hydrogen-bond donors (Lipinski definition) is 1. The molecule has 0 spiro atoms. The molecule has 1 aromatic carbocycles. The minimum Gasteiger partial charge on any atom is -0.506 e. The smallest absolute Gasteiger partial charge is 0.345 e. The van der Waals surface area contributed by atoms with E-state index in [2.05, 4.69) is 4.74 Å². The molecule has 0 aliphatic heterocycles. The number of carbonyl (C=O) groups is 1. The Morgan fingerprint density at radius 2 is 2.13 bits per heavy atom. The minimum atomic E-state index is -0.749. The van der Waals surface area contributed by atoms with E-state index >= 15 is 0 Å². The number of nitriles is 1. The number of nitrogens with zero attached hydrogens (tertiary/aromatic N) is 1. The maximum atomic E-state index is 11.3. The van der Waals surface area contributed by atoms with Gasteiger partial charge in [0.1, 0.15) is 17.4 Å². The van der Waals surface area contributed by atoms with Gasteiger partial charge in [-0.25, -0.2) is 4.79 Å². The van der Waals surface area contributed by atoms with Crippen molar-refractivity contribution in [2.24, 2.45) is 0 Å². The normalized spacial score (nSPS) is 9.13. The molecule has 1 aromatic rings. The Balaban J connectivity index is 3.44. The molecule has 0 atom stereocenters. The summed E-state index contributed by atoms with van der Waals surface area (Å²) in [4.78, 5) is 11.3. The molecule has 0 amide bonds. The second kappa shape index (κ2) is 4.33. The number of ether oxygens (including phenoxy) is 2. The summed E-state index contributed by atoms with van der Waals surface area (Å²) in [5, 5.41) is 18.3.